The van der Waals surface area contributed by atoms with Crippen LogP contribution < -0.4 is 5.32 Å². The number of aromatic nitrogens is 2. The molecule has 210 valence electrons. The van der Waals surface area contributed by atoms with Gasteiger partial charge < -0.3 is 29.6 Å². The zero-order valence-electron chi connectivity index (χ0n) is 23.5. The van der Waals surface area contributed by atoms with Crippen LogP contribution in [0.15, 0.2) is 18.3 Å². The molecule has 4 rings (SSSR count). The zero-order chi connectivity index (χ0) is 27.7. The normalized spacial score (nSPS) is 18.9. The van der Waals surface area contributed by atoms with Crippen molar-refractivity contribution in [2.45, 2.75) is 90.0 Å². The van der Waals surface area contributed by atoms with Crippen LogP contribution in [0.3, 0.4) is 0 Å². The van der Waals surface area contributed by atoms with Gasteiger partial charge in [-0.25, -0.2) is 19.0 Å². The Bertz CT molecular complexity index is 1140. The molecular weight excluding hydrogens is 489 g/mol. The number of H-pyrrole nitrogens is 1. The van der Waals surface area contributed by atoms with Crippen LogP contribution in [-0.4, -0.2) is 81.5 Å². The topological polar surface area (TPSA) is 99.8 Å². The first-order valence-electron chi connectivity index (χ1n) is 13.6. The molecule has 0 aliphatic carbocycles. The Hall–Kier alpha value is -3.04. The number of nitrogens with one attached hydrogen (secondary N) is 2. The van der Waals surface area contributed by atoms with Gasteiger partial charge in [0.05, 0.1) is 6.54 Å². The quantitative estimate of drug-likeness (QED) is 0.515. The average molecular weight is 532 g/mol. The largest absolute Gasteiger partial charge is 0.444 e. The minimum absolute atomic E-state index is 0.129. The van der Waals surface area contributed by atoms with E-state index >= 15 is 4.39 Å². The second-order valence-electron chi connectivity index (χ2n) is 12.6. The van der Waals surface area contributed by atoms with E-state index in [-0.39, 0.29) is 25.5 Å². The van der Waals surface area contributed by atoms with E-state index in [0.29, 0.717) is 37.9 Å². The molecule has 0 bridgehead atoms. The van der Waals surface area contributed by atoms with Gasteiger partial charge in [0.1, 0.15) is 28.3 Å². The van der Waals surface area contributed by atoms with Gasteiger partial charge in [-0.05, 0) is 78.0 Å². The molecule has 9 nitrogen and oxygen atoms in total. The van der Waals surface area contributed by atoms with Crippen LogP contribution in [0.5, 0.6) is 0 Å². The predicted molar refractivity (Wildman–Crippen MR) is 145 cm³/mol. The zero-order valence-corrected chi connectivity index (χ0v) is 23.5. The highest BCUT2D eigenvalue weighted by Crippen LogP contribution is 2.34. The fourth-order valence-corrected chi connectivity index (χ4v) is 5.00. The fraction of sp³-hybridized carbons (Fsp3) is 0.679. The summed E-state index contributed by atoms with van der Waals surface area (Å²) >= 11 is 0. The van der Waals surface area contributed by atoms with Crippen molar-refractivity contribution in [3.63, 3.8) is 0 Å². The van der Waals surface area contributed by atoms with Crippen LogP contribution in [0, 0.1) is 0 Å². The summed E-state index contributed by atoms with van der Waals surface area (Å²) in [6.07, 6.45) is 3.56. The van der Waals surface area contributed by atoms with Crippen LogP contribution in [0.2, 0.25) is 0 Å². The van der Waals surface area contributed by atoms with E-state index in [4.69, 9.17) is 9.47 Å². The average Bonchev–Trinajstić information content (AvgIpc) is 3.24. The van der Waals surface area contributed by atoms with Gasteiger partial charge in [0.25, 0.3) is 0 Å². The number of hydrogen-bond donors (Lipinski definition) is 2. The molecule has 2 saturated heterocycles. The van der Waals surface area contributed by atoms with E-state index < -0.39 is 23.0 Å². The summed E-state index contributed by atoms with van der Waals surface area (Å²) in [5.41, 5.74) is -0.534. The van der Waals surface area contributed by atoms with Gasteiger partial charge in [-0.2, -0.15) is 0 Å². The molecule has 0 atom stereocenters. The standard InChI is InChI=1S/C28H42FN5O4/c1-26(2,3)37-24(35)33-13-9-19(10-14-33)21-17-30-23-20(21)7-8-22(32-23)31-18-28(29)11-15-34(16-12-28)25(36)38-27(4,5)6/h7-8,17,19H,9-16,18H2,1-6H3,(H2,30,31,32). The van der Waals surface area contributed by atoms with Crippen molar-refractivity contribution < 1.29 is 23.5 Å². The van der Waals surface area contributed by atoms with Gasteiger partial charge in [-0.3, -0.25) is 0 Å². The molecule has 2 aromatic rings. The number of amides is 2. The molecule has 2 aliphatic rings. The number of fused-ring (bicyclic) bond motifs is 1. The van der Waals surface area contributed by atoms with Crippen LogP contribution in [0.1, 0.15) is 78.7 Å². The molecule has 2 aromatic heterocycles. The molecule has 38 heavy (non-hydrogen) atoms. The maximum atomic E-state index is 15.5. The van der Waals surface area contributed by atoms with Crippen molar-refractivity contribution >= 4 is 29.0 Å². The van der Waals surface area contributed by atoms with Gasteiger partial charge >= 0.3 is 12.2 Å². The Morgan fingerprint density at radius 2 is 1.55 bits per heavy atom. The molecule has 10 heteroatoms. The monoisotopic (exact) mass is 531 g/mol. The van der Waals surface area contributed by atoms with Gasteiger partial charge in [0.2, 0.25) is 0 Å². The van der Waals surface area contributed by atoms with E-state index in [9.17, 15) is 9.59 Å². The summed E-state index contributed by atoms with van der Waals surface area (Å²) in [4.78, 5) is 35.9. The van der Waals surface area contributed by atoms with Gasteiger partial charge in [0, 0.05) is 50.6 Å². The predicted octanol–water partition coefficient (Wildman–Crippen LogP) is 5.83. The lowest BCUT2D eigenvalue weighted by atomic mass is 9.89. The number of hydrogen-bond acceptors (Lipinski definition) is 6. The van der Waals surface area contributed by atoms with Crippen molar-refractivity contribution in [2.75, 3.05) is 38.0 Å². The van der Waals surface area contributed by atoms with E-state index in [1.807, 2.05) is 59.9 Å². The first-order valence-corrected chi connectivity index (χ1v) is 13.6. The second kappa shape index (κ2) is 10.6. The second-order valence-corrected chi connectivity index (χ2v) is 12.6. The summed E-state index contributed by atoms with van der Waals surface area (Å²) in [6, 6.07) is 3.90. The fourth-order valence-electron chi connectivity index (χ4n) is 5.00. The number of alkyl halides is 1. The van der Waals surface area contributed by atoms with Crippen LogP contribution in [-0.2, 0) is 9.47 Å². The minimum atomic E-state index is -1.42. The molecule has 0 radical (unpaired) electrons. The highest BCUT2D eigenvalue weighted by Gasteiger charge is 2.37. The number of halogens is 1. The summed E-state index contributed by atoms with van der Waals surface area (Å²) in [5, 5.41) is 4.20. The minimum Gasteiger partial charge on any atom is -0.444 e. The van der Waals surface area contributed by atoms with Gasteiger partial charge in [-0.15, -0.1) is 0 Å². The van der Waals surface area contributed by atoms with E-state index in [0.717, 1.165) is 23.9 Å². The van der Waals surface area contributed by atoms with Crippen molar-refractivity contribution in [3.05, 3.63) is 23.9 Å². The first kappa shape index (κ1) is 28.0. The number of carbonyl (C=O) groups is 2. The van der Waals surface area contributed by atoms with Crippen LogP contribution >= 0.6 is 0 Å². The Morgan fingerprint density at radius 3 is 2.11 bits per heavy atom. The number of carbonyl (C=O) groups excluding carboxylic acids is 2. The number of likely N-dealkylation sites (tertiary alicyclic amines) is 2. The molecule has 2 aliphatic heterocycles. The third-order valence-electron chi connectivity index (χ3n) is 7.05. The van der Waals surface area contributed by atoms with Crippen molar-refractivity contribution in [1.82, 2.24) is 19.8 Å². The van der Waals surface area contributed by atoms with Crippen molar-refractivity contribution in [3.8, 4) is 0 Å². The Kier molecular flexibility index (Phi) is 7.81. The Balaban J connectivity index is 1.30. The SMILES string of the molecule is CC(C)(C)OC(=O)N1CCC(c2c[nH]c3nc(NCC4(F)CCN(C(=O)OC(C)(C)C)CC4)ccc23)CC1. The number of rotatable bonds is 4. The molecule has 0 aromatic carbocycles. The lowest BCUT2D eigenvalue weighted by Crippen LogP contribution is -2.48. The van der Waals surface area contributed by atoms with Crippen molar-refractivity contribution in [2.24, 2.45) is 0 Å². The first-order chi connectivity index (χ1) is 17.7. The molecule has 2 N–H and O–H groups in total. The third-order valence-corrected chi connectivity index (χ3v) is 7.05. The molecule has 4 heterocycles. The van der Waals surface area contributed by atoms with Crippen LogP contribution in [0.4, 0.5) is 19.8 Å². The molecular formula is C28H42FN5O4. The maximum absolute atomic E-state index is 15.5. The number of piperidine rings is 2. The number of anilines is 1. The molecule has 0 spiro atoms. The highest BCUT2D eigenvalue weighted by molar-refractivity contribution is 5.82. The number of aromatic amines is 1. The smallest absolute Gasteiger partial charge is 0.410 e. The molecule has 2 amide bonds. The highest BCUT2D eigenvalue weighted by atomic mass is 19.1. The maximum Gasteiger partial charge on any atom is 0.410 e. The Labute approximate surface area is 224 Å². The summed E-state index contributed by atoms with van der Waals surface area (Å²) in [7, 11) is 0. The molecule has 0 unspecified atom stereocenters. The molecule has 0 saturated carbocycles. The van der Waals surface area contributed by atoms with E-state index in [1.165, 1.54) is 5.56 Å². The molecule has 2 fully saturated rings. The summed E-state index contributed by atoms with van der Waals surface area (Å²) in [6.45, 7) is 13.2. The number of ether oxygens (including phenoxy) is 2. The van der Waals surface area contributed by atoms with Gasteiger partial charge in [0.15, 0.2) is 0 Å². The van der Waals surface area contributed by atoms with Crippen LogP contribution in [0.25, 0.3) is 11.0 Å². The van der Waals surface area contributed by atoms with E-state index in [1.54, 1.807) is 9.80 Å². The lowest BCUT2D eigenvalue weighted by molar-refractivity contribution is 0.00566. The lowest BCUT2D eigenvalue weighted by Gasteiger charge is -2.37. The van der Waals surface area contributed by atoms with Gasteiger partial charge in [-0.1, -0.05) is 0 Å². The Morgan fingerprint density at radius 1 is 1.00 bits per heavy atom. The third kappa shape index (κ3) is 7.08. The van der Waals surface area contributed by atoms with E-state index in [2.05, 4.69) is 15.3 Å². The summed E-state index contributed by atoms with van der Waals surface area (Å²) in [5.74, 6) is 0.935. The number of pyridine rings is 1. The number of nitrogens with zero attached hydrogens (tertiary/aromatic N) is 3. The van der Waals surface area contributed by atoms with Crippen molar-refractivity contribution in [1.29, 1.82) is 0 Å². The summed E-state index contributed by atoms with van der Waals surface area (Å²) < 4.78 is 26.4.